The van der Waals surface area contributed by atoms with Crippen molar-refractivity contribution in [3.05, 3.63) is 4.88 Å². The molecule has 19 heavy (non-hydrogen) atoms. The van der Waals surface area contributed by atoms with Gasteiger partial charge in [-0.25, -0.2) is 4.98 Å². The first-order valence-electron chi connectivity index (χ1n) is 6.42. The molecule has 1 aromatic rings. The van der Waals surface area contributed by atoms with Gasteiger partial charge in [0.2, 0.25) is 0 Å². The monoisotopic (exact) mass is 300 g/mol. The quantitative estimate of drug-likeness (QED) is 0.719. The second-order valence-electron chi connectivity index (χ2n) is 4.81. The molecule has 1 fully saturated rings. The molecule has 0 saturated heterocycles. The molecule has 106 valence electrons. The number of nitrogens with zero attached hydrogens (tertiary/aromatic N) is 1. The van der Waals surface area contributed by atoms with Crippen LogP contribution in [0.15, 0.2) is 0 Å². The molecule has 1 aliphatic rings. The van der Waals surface area contributed by atoms with Crippen LogP contribution in [-0.2, 0) is 0 Å². The highest BCUT2D eigenvalue weighted by molar-refractivity contribution is 7.98. The van der Waals surface area contributed by atoms with Crippen LogP contribution in [0.1, 0.15) is 35.9 Å². The van der Waals surface area contributed by atoms with E-state index in [4.69, 9.17) is 5.73 Å². The molecule has 5 nitrogen and oxygen atoms in total. The normalized spacial score (nSPS) is 16.1. The zero-order chi connectivity index (χ0) is 13.8. The van der Waals surface area contributed by atoms with Gasteiger partial charge in [0.25, 0.3) is 5.91 Å². The Balaban J connectivity index is 1.91. The van der Waals surface area contributed by atoms with Crippen LogP contribution >= 0.6 is 23.1 Å². The van der Waals surface area contributed by atoms with Crippen molar-refractivity contribution in [3.63, 3.8) is 0 Å². The van der Waals surface area contributed by atoms with Crippen molar-refractivity contribution in [2.24, 2.45) is 0 Å². The molecule has 1 aliphatic carbocycles. The first-order chi connectivity index (χ1) is 9.10. The average molecular weight is 300 g/mol. The van der Waals surface area contributed by atoms with Gasteiger partial charge in [-0.05, 0) is 38.2 Å². The summed E-state index contributed by atoms with van der Waals surface area (Å²) in [5.41, 5.74) is 5.81. The molecule has 4 N–H and O–H groups in total. The van der Waals surface area contributed by atoms with Gasteiger partial charge in [0.05, 0.1) is 0 Å². The number of carbonyl (C=O) groups is 1. The molecule has 0 radical (unpaired) electrons. The third-order valence-electron chi connectivity index (χ3n) is 2.90. The summed E-state index contributed by atoms with van der Waals surface area (Å²) < 4.78 is 0. The van der Waals surface area contributed by atoms with E-state index >= 15 is 0 Å². The van der Waals surface area contributed by atoms with Crippen molar-refractivity contribution >= 4 is 40.0 Å². The van der Waals surface area contributed by atoms with Crippen molar-refractivity contribution in [2.45, 2.75) is 38.3 Å². The van der Waals surface area contributed by atoms with E-state index in [1.807, 2.05) is 6.92 Å². The number of thiazole rings is 1. The minimum atomic E-state index is -0.118. The first-order valence-corrected chi connectivity index (χ1v) is 8.63. The number of aromatic nitrogens is 1. The van der Waals surface area contributed by atoms with E-state index in [-0.39, 0.29) is 11.9 Å². The molecule has 0 aromatic carbocycles. The molecule has 0 bridgehead atoms. The first kappa shape index (κ1) is 14.5. The van der Waals surface area contributed by atoms with Gasteiger partial charge in [0, 0.05) is 12.1 Å². The summed E-state index contributed by atoms with van der Waals surface area (Å²) in [4.78, 5) is 16.8. The SMILES string of the molecule is CSCCC(C)NC(=O)c1sc(NC2CC2)nc1N. The zero-order valence-corrected chi connectivity index (χ0v) is 12.9. The standard InChI is InChI=1S/C12H20N4OS2/c1-7(5-6-18-2)14-11(17)9-10(13)16-12(19-9)15-8-3-4-8/h7-8H,3-6,13H2,1-2H3,(H,14,17)(H,15,16). The van der Waals surface area contributed by atoms with Crippen LogP contribution in [-0.4, -0.2) is 35.0 Å². The fourth-order valence-corrected chi connectivity index (χ4v) is 3.07. The minimum Gasteiger partial charge on any atom is -0.382 e. The Hall–Kier alpha value is -0.950. The molecule has 1 saturated carbocycles. The lowest BCUT2D eigenvalue weighted by Crippen LogP contribution is -2.32. The Morgan fingerprint density at radius 2 is 2.37 bits per heavy atom. The number of nitrogen functional groups attached to an aromatic ring is 1. The highest BCUT2D eigenvalue weighted by Crippen LogP contribution is 2.30. The Morgan fingerprint density at radius 3 is 3.00 bits per heavy atom. The number of amides is 1. The average Bonchev–Trinajstić information content (AvgIpc) is 3.09. The number of nitrogens with one attached hydrogen (secondary N) is 2. The number of thioether (sulfide) groups is 1. The predicted molar refractivity (Wildman–Crippen MR) is 83.1 cm³/mol. The molecule has 1 atom stereocenters. The Kier molecular flexibility index (Phi) is 4.93. The highest BCUT2D eigenvalue weighted by Gasteiger charge is 2.24. The van der Waals surface area contributed by atoms with Crippen molar-refractivity contribution in [3.8, 4) is 0 Å². The van der Waals surface area contributed by atoms with Crippen molar-refractivity contribution in [1.29, 1.82) is 0 Å². The Morgan fingerprint density at radius 1 is 1.63 bits per heavy atom. The smallest absolute Gasteiger partial charge is 0.265 e. The molecular weight excluding hydrogens is 280 g/mol. The number of rotatable bonds is 7. The summed E-state index contributed by atoms with van der Waals surface area (Å²) in [6.45, 7) is 2.01. The molecule has 7 heteroatoms. The van der Waals surface area contributed by atoms with Crippen LogP contribution < -0.4 is 16.4 Å². The van der Waals surface area contributed by atoms with E-state index in [9.17, 15) is 4.79 Å². The second-order valence-corrected chi connectivity index (χ2v) is 6.79. The fraction of sp³-hybridized carbons (Fsp3) is 0.667. The number of carbonyl (C=O) groups excluding carboxylic acids is 1. The molecule has 1 heterocycles. The Bertz CT molecular complexity index is 445. The van der Waals surface area contributed by atoms with Crippen molar-refractivity contribution < 1.29 is 4.79 Å². The van der Waals surface area contributed by atoms with Gasteiger partial charge in [-0.2, -0.15) is 11.8 Å². The molecular formula is C12H20N4OS2. The van der Waals surface area contributed by atoms with Crippen LogP contribution in [0.4, 0.5) is 10.9 Å². The van der Waals surface area contributed by atoms with Gasteiger partial charge in [0.15, 0.2) is 5.13 Å². The zero-order valence-electron chi connectivity index (χ0n) is 11.2. The largest absolute Gasteiger partial charge is 0.382 e. The fourth-order valence-electron chi connectivity index (χ4n) is 1.61. The van der Waals surface area contributed by atoms with Gasteiger partial charge >= 0.3 is 0 Å². The summed E-state index contributed by atoms with van der Waals surface area (Å²) in [7, 11) is 0. The topological polar surface area (TPSA) is 80.0 Å². The molecule has 0 aliphatic heterocycles. The lowest BCUT2D eigenvalue weighted by Gasteiger charge is -2.12. The van der Waals surface area contributed by atoms with Gasteiger partial charge in [-0.3, -0.25) is 4.79 Å². The van der Waals surface area contributed by atoms with Crippen LogP contribution in [0.3, 0.4) is 0 Å². The molecule has 1 amide bonds. The van der Waals surface area contributed by atoms with Crippen molar-refractivity contribution in [1.82, 2.24) is 10.3 Å². The van der Waals surface area contributed by atoms with E-state index in [0.717, 1.165) is 17.3 Å². The van der Waals surface area contributed by atoms with Crippen LogP contribution in [0, 0.1) is 0 Å². The van der Waals surface area contributed by atoms with E-state index in [2.05, 4.69) is 21.9 Å². The lowest BCUT2D eigenvalue weighted by molar-refractivity contribution is 0.0944. The molecule has 1 unspecified atom stereocenters. The van der Waals surface area contributed by atoms with Gasteiger partial charge in [0.1, 0.15) is 10.7 Å². The van der Waals surface area contributed by atoms with Gasteiger partial charge in [-0.1, -0.05) is 11.3 Å². The van der Waals surface area contributed by atoms with Crippen LogP contribution in [0.25, 0.3) is 0 Å². The molecule has 1 aromatic heterocycles. The van der Waals surface area contributed by atoms with E-state index in [1.54, 1.807) is 11.8 Å². The van der Waals surface area contributed by atoms with Gasteiger partial charge < -0.3 is 16.4 Å². The number of anilines is 2. The predicted octanol–water partition coefficient (Wildman–Crippen LogP) is 2.17. The highest BCUT2D eigenvalue weighted by atomic mass is 32.2. The number of hydrogen-bond acceptors (Lipinski definition) is 6. The molecule has 0 spiro atoms. The summed E-state index contributed by atoms with van der Waals surface area (Å²) in [5, 5.41) is 6.98. The number of hydrogen-bond donors (Lipinski definition) is 3. The lowest BCUT2D eigenvalue weighted by atomic mass is 10.2. The van der Waals surface area contributed by atoms with E-state index < -0.39 is 0 Å². The maximum absolute atomic E-state index is 12.1. The van der Waals surface area contributed by atoms with E-state index in [1.165, 1.54) is 24.2 Å². The summed E-state index contributed by atoms with van der Waals surface area (Å²) in [6.07, 6.45) is 5.36. The maximum Gasteiger partial charge on any atom is 0.265 e. The molecule has 2 rings (SSSR count). The summed E-state index contributed by atoms with van der Waals surface area (Å²) in [5.74, 6) is 1.24. The van der Waals surface area contributed by atoms with Crippen LogP contribution in [0.5, 0.6) is 0 Å². The summed E-state index contributed by atoms with van der Waals surface area (Å²) >= 11 is 3.12. The Labute approximate surface area is 121 Å². The van der Waals surface area contributed by atoms with Crippen molar-refractivity contribution in [2.75, 3.05) is 23.1 Å². The summed E-state index contributed by atoms with van der Waals surface area (Å²) in [6, 6.07) is 0.670. The second kappa shape index (κ2) is 6.47. The minimum absolute atomic E-state index is 0.118. The third kappa shape index (κ3) is 4.28. The van der Waals surface area contributed by atoms with E-state index in [0.29, 0.717) is 16.7 Å². The van der Waals surface area contributed by atoms with Gasteiger partial charge in [-0.15, -0.1) is 0 Å². The number of nitrogens with two attached hydrogens (primary N) is 1. The van der Waals surface area contributed by atoms with Crippen LogP contribution in [0.2, 0.25) is 0 Å². The maximum atomic E-state index is 12.1. The third-order valence-corrected chi connectivity index (χ3v) is 4.54.